The van der Waals surface area contributed by atoms with Crippen LogP contribution in [0.15, 0.2) is 97.1 Å². The SMILES string of the molecule is O=C(c1ccccc1)c1ccccc1-c1nc2cc(Cl)c(Cl)cc2nc1-c1ccccc1. The summed E-state index contributed by atoms with van der Waals surface area (Å²) in [5, 5.41) is 0.820. The number of fused-ring (bicyclic) bond motifs is 1. The highest BCUT2D eigenvalue weighted by Crippen LogP contribution is 2.35. The normalized spacial score (nSPS) is 10.9. The van der Waals surface area contributed by atoms with Crippen molar-refractivity contribution in [3.05, 3.63) is 118 Å². The number of halogens is 2. The van der Waals surface area contributed by atoms with Gasteiger partial charge in [0.2, 0.25) is 0 Å². The van der Waals surface area contributed by atoms with E-state index >= 15 is 0 Å². The monoisotopic (exact) mass is 454 g/mol. The maximum Gasteiger partial charge on any atom is 0.193 e. The molecule has 5 aromatic rings. The third-order valence-electron chi connectivity index (χ3n) is 5.22. The van der Waals surface area contributed by atoms with Crippen molar-refractivity contribution in [3.8, 4) is 22.5 Å². The number of nitrogens with zero attached hydrogens (tertiary/aromatic N) is 2. The van der Waals surface area contributed by atoms with Crippen LogP contribution in [0.25, 0.3) is 33.5 Å². The lowest BCUT2D eigenvalue weighted by atomic mass is 9.94. The number of carbonyl (C=O) groups is 1. The minimum absolute atomic E-state index is 0.0729. The number of hydrogen-bond donors (Lipinski definition) is 0. The third-order valence-corrected chi connectivity index (χ3v) is 5.94. The first kappa shape index (κ1) is 20.4. The molecule has 0 fully saturated rings. The van der Waals surface area contributed by atoms with E-state index in [0.717, 1.165) is 5.56 Å². The lowest BCUT2D eigenvalue weighted by Gasteiger charge is -2.14. The van der Waals surface area contributed by atoms with E-state index in [1.165, 1.54) is 0 Å². The molecule has 0 amide bonds. The van der Waals surface area contributed by atoms with Crippen LogP contribution >= 0.6 is 23.2 Å². The first-order chi connectivity index (χ1) is 15.6. The van der Waals surface area contributed by atoms with Crippen molar-refractivity contribution >= 4 is 40.0 Å². The zero-order valence-electron chi connectivity index (χ0n) is 16.8. The van der Waals surface area contributed by atoms with Gasteiger partial charge in [0.05, 0.1) is 32.5 Å². The number of carbonyl (C=O) groups excluding carboxylic acids is 1. The van der Waals surface area contributed by atoms with Gasteiger partial charge in [-0.1, -0.05) is 108 Å². The zero-order valence-corrected chi connectivity index (χ0v) is 18.3. The molecule has 0 saturated carbocycles. The highest BCUT2D eigenvalue weighted by molar-refractivity contribution is 6.42. The Morgan fingerprint density at radius 1 is 0.625 bits per heavy atom. The smallest absolute Gasteiger partial charge is 0.193 e. The molecule has 0 aliphatic heterocycles. The second-order valence-electron chi connectivity index (χ2n) is 7.28. The summed E-state index contributed by atoms with van der Waals surface area (Å²) in [4.78, 5) is 23.1. The topological polar surface area (TPSA) is 42.9 Å². The maximum absolute atomic E-state index is 13.4. The highest BCUT2D eigenvalue weighted by atomic mass is 35.5. The Hall–Kier alpha value is -3.53. The molecule has 0 radical (unpaired) electrons. The van der Waals surface area contributed by atoms with Crippen LogP contribution in [-0.2, 0) is 0 Å². The molecule has 3 nitrogen and oxygen atoms in total. The van der Waals surface area contributed by atoms with Crippen LogP contribution < -0.4 is 0 Å². The molecule has 0 aliphatic rings. The van der Waals surface area contributed by atoms with Crippen molar-refractivity contribution in [1.82, 2.24) is 9.97 Å². The number of aromatic nitrogens is 2. The van der Waals surface area contributed by atoms with E-state index in [-0.39, 0.29) is 5.78 Å². The van der Waals surface area contributed by atoms with Gasteiger partial charge in [-0.3, -0.25) is 4.79 Å². The molecule has 0 bridgehead atoms. The van der Waals surface area contributed by atoms with Gasteiger partial charge in [-0.05, 0) is 12.1 Å². The van der Waals surface area contributed by atoms with Gasteiger partial charge < -0.3 is 0 Å². The molecule has 0 atom stereocenters. The average Bonchev–Trinajstić information content (AvgIpc) is 2.85. The van der Waals surface area contributed by atoms with E-state index in [1.54, 1.807) is 12.1 Å². The van der Waals surface area contributed by atoms with Crippen LogP contribution in [0.3, 0.4) is 0 Å². The Labute approximate surface area is 195 Å². The first-order valence-electron chi connectivity index (χ1n) is 10.0. The third kappa shape index (κ3) is 3.77. The first-order valence-corrected chi connectivity index (χ1v) is 10.8. The molecule has 154 valence electrons. The van der Waals surface area contributed by atoms with E-state index in [1.807, 2.05) is 84.9 Å². The Kier molecular flexibility index (Phi) is 5.44. The summed E-state index contributed by atoms with van der Waals surface area (Å²) in [7, 11) is 0. The van der Waals surface area contributed by atoms with E-state index in [2.05, 4.69) is 0 Å². The summed E-state index contributed by atoms with van der Waals surface area (Å²) in [6.07, 6.45) is 0. The summed E-state index contributed by atoms with van der Waals surface area (Å²) >= 11 is 12.5. The second kappa shape index (κ2) is 8.54. The van der Waals surface area contributed by atoms with Gasteiger partial charge in [-0.25, -0.2) is 9.97 Å². The Balaban J connectivity index is 1.79. The molecule has 4 aromatic carbocycles. The van der Waals surface area contributed by atoms with E-state index < -0.39 is 0 Å². The van der Waals surface area contributed by atoms with Crippen LogP contribution in [0.1, 0.15) is 15.9 Å². The molecule has 0 unspecified atom stereocenters. The Morgan fingerprint density at radius 2 is 1.16 bits per heavy atom. The molecule has 5 rings (SSSR count). The van der Waals surface area contributed by atoms with E-state index in [0.29, 0.717) is 49.2 Å². The van der Waals surface area contributed by atoms with Gasteiger partial charge in [0.15, 0.2) is 5.78 Å². The summed E-state index contributed by atoms with van der Waals surface area (Å²) in [6, 6.07) is 29.9. The van der Waals surface area contributed by atoms with E-state index in [4.69, 9.17) is 33.2 Å². The standard InChI is InChI=1S/C27H16Cl2N2O/c28-21-15-23-24(16-22(21)29)31-26(25(30-23)17-9-3-1-4-10-17)19-13-7-8-14-20(19)27(32)18-11-5-2-6-12-18/h1-16H. The highest BCUT2D eigenvalue weighted by Gasteiger charge is 2.20. The molecule has 32 heavy (non-hydrogen) atoms. The van der Waals surface area contributed by atoms with Gasteiger partial charge in [0, 0.05) is 22.3 Å². The maximum atomic E-state index is 13.4. The molecule has 0 N–H and O–H groups in total. The minimum Gasteiger partial charge on any atom is -0.289 e. The molecule has 0 aliphatic carbocycles. The van der Waals surface area contributed by atoms with Crippen LogP contribution in [0, 0.1) is 0 Å². The van der Waals surface area contributed by atoms with Crippen LogP contribution in [0.5, 0.6) is 0 Å². The molecule has 1 heterocycles. The van der Waals surface area contributed by atoms with Crippen LogP contribution in [0.4, 0.5) is 0 Å². The predicted octanol–water partition coefficient (Wildman–Crippen LogP) is 7.50. The molecular weight excluding hydrogens is 439 g/mol. The lowest BCUT2D eigenvalue weighted by molar-refractivity contribution is 0.103. The average molecular weight is 455 g/mol. The molecule has 0 saturated heterocycles. The summed E-state index contributed by atoms with van der Waals surface area (Å²) in [5.41, 5.74) is 5.30. The summed E-state index contributed by atoms with van der Waals surface area (Å²) in [6.45, 7) is 0. The summed E-state index contributed by atoms with van der Waals surface area (Å²) in [5.74, 6) is -0.0729. The van der Waals surface area contributed by atoms with Crippen molar-refractivity contribution in [2.45, 2.75) is 0 Å². The van der Waals surface area contributed by atoms with Gasteiger partial charge in [-0.2, -0.15) is 0 Å². The largest absolute Gasteiger partial charge is 0.289 e. The molecule has 0 spiro atoms. The second-order valence-corrected chi connectivity index (χ2v) is 8.10. The van der Waals surface area contributed by atoms with Crippen molar-refractivity contribution in [1.29, 1.82) is 0 Å². The van der Waals surface area contributed by atoms with Gasteiger partial charge in [0.1, 0.15) is 0 Å². The quantitative estimate of drug-likeness (QED) is 0.264. The lowest BCUT2D eigenvalue weighted by Crippen LogP contribution is -2.05. The van der Waals surface area contributed by atoms with E-state index in [9.17, 15) is 4.79 Å². The van der Waals surface area contributed by atoms with Gasteiger partial charge in [0.25, 0.3) is 0 Å². The minimum atomic E-state index is -0.0729. The van der Waals surface area contributed by atoms with Crippen molar-refractivity contribution in [3.63, 3.8) is 0 Å². The fourth-order valence-electron chi connectivity index (χ4n) is 3.67. The Morgan fingerprint density at radius 3 is 1.81 bits per heavy atom. The van der Waals surface area contributed by atoms with Crippen molar-refractivity contribution < 1.29 is 4.79 Å². The van der Waals surface area contributed by atoms with Gasteiger partial charge >= 0.3 is 0 Å². The fourth-order valence-corrected chi connectivity index (χ4v) is 3.99. The van der Waals surface area contributed by atoms with Crippen LogP contribution in [-0.4, -0.2) is 15.8 Å². The number of benzene rings is 4. The predicted molar refractivity (Wildman–Crippen MR) is 130 cm³/mol. The Bertz CT molecular complexity index is 1450. The molecule has 5 heteroatoms. The molecule has 1 aromatic heterocycles. The van der Waals surface area contributed by atoms with Crippen molar-refractivity contribution in [2.24, 2.45) is 0 Å². The fraction of sp³-hybridized carbons (Fsp3) is 0. The zero-order chi connectivity index (χ0) is 22.1. The number of hydrogen-bond acceptors (Lipinski definition) is 3. The number of rotatable bonds is 4. The molecular formula is C27H16Cl2N2O. The van der Waals surface area contributed by atoms with Crippen molar-refractivity contribution in [2.75, 3.05) is 0 Å². The summed E-state index contributed by atoms with van der Waals surface area (Å²) < 4.78 is 0. The number of ketones is 1. The van der Waals surface area contributed by atoms with Gasteiger partial charge in [-0.15, -0.1) is 0 Å². The van der Waals surface area contributed by atoms with Crippen LogP contribution in [0.2, 0.25) is 10.0 Å².